The standard InChI is InChI=1S/C24H29N3O2/c1-28-18-19-8-7-13-26(15-19)16-21-17-27(22-10-4-3-5-11-22)25-24(21)20-9-6-12-23(14-20)29-2/h3-6,9-12,14,17,19H,7-8,13,15-16,18H2,1-2H3/t19-/m1/s1. The third-order valence-electron chi connectivity index (χ3n) is 5.55. The Balaban J connectivity index is 1.66. The van der Waals surface area contributed by atoms with Crippen LogP contribution in [0.2, 0.25) is 0 Å². The number of methoxy groups -OCH3 is 2. The minimum absolute atomic E-state index is 0.609. The molecule has 1 aromatic heterocycles. The van der Waals surface area contributed by atoms with E-state index in [4.69, 9.17) is 14.6 Å². The van der Waals surface area contributed by atoms with Crippen molar-refractivity contribution in [2.24, 2.45) is 5.92 Å². The van der Waals surface area contributed by atoms with Crippen molar-refractivity contribution in [3.63, 3.8) is 0 Å². The topological polar surface area (TPSA) is 39.5 Å². The molecule has 0 bridgehead atoms. The van der Waals surface area contributed by atoms with E-state index in [1.165, 1.54) is 18.4 Å². The second-order valence-electron chi connectivity index (χ2n) is 7.71. The van der Waals surface area contributed by atoms with Crippen LogP contribution in [0.1, 0.15) is 18.4 Å². The molecule has 2 heterocycles. The van der Waals surface area contributed by atoms with Crippen molar-refractivity contribution >= 4 is 0 Å². The van der Waals surface area contributed by atoms with Gasteiger partial charge in [-0.05, 0) is 49.6 Å². The first-order chi connectivity index (χ1) is 14.3. The molecule has 0 saturated carbocycles. The molecule has 1 fully saturated rings. The predicted octanol–water partition coefficient (Wildman–Crippen LogP) is 4.41. The van der Waals surface area contributed by atoms with Gasteiger partial charge in [0.2, 0.25) is 0 Å². The van der Waals surface area contributed by atoms with Crippen molar-refractivity contribution in [2.45, 2.75) is 19.4 Å². The van der Waals surface area contributed by atoms with Gasteiger partial charge < -0.3 is 9.47 Å². The Hall–Kier alpha value is -2.63. The number of piperidine rings is 1. The number of nitrogens with zero attached hydrogens (tertiary/aromatic N) is 3. The number of rotatable bonds is 7. The fraction of sp³-hybridized carbons (Fsp3) is 0.375. The highest BCUT2D eigenvalue weighted by atomic mass is 16.5. The summed E-state index contributed by atoms with van der Waals surface area (Å²) in [4.78, 5) is 2.53. The molecule has 1 atom stereocenters. The summed E-state index contributed by atoms with van der Waals surface area (Å²) in [5, 5.41) is 4.96. The predicted molar refractivity (Wildman–Crippen MR) is 115 cm³/mol. The van der Waals surface area contributed by atoms with Crippen LogP contribution < -0.4 is 4.74 Å². The summed E-state index contributed by atoms with van der Waals surface area (Å²) >= 11 is 0. The van der Waals surface area contributed by atoms with Crippen molar-refractivity contribution < 1.29 is 9.47 Å². The van der Waals surface area contributed by atoms with Gasteiger partial charge in [0.25, 0.3) is 0 Å². The van der Waals surface area contributed by atoms with Crippen molar-refractivity contribution in [2.75, 3.05) is 33.9 Å². The lowest BCUT2D eigenvalue weighted by Gasteiger charge is -2.32. The minimum atomic E-state index is 0.609. The number of hydrogen-bond acceptors (Lipinski definition) is 4. The van der Waals surface area contributed by atoms with Crippen LogP contribution in [0.5, 0.6) is 5.75 Å². The summed E-state index contributed by atoms with van der Waals surface area (Å²) in [7, 11) is 3.50. The van der Waals surface area contributed by atoms with Crippen molar-refractivity contribution in [1.29, 1.82) is 0 Å². The van der Waals surface area contributed by atoms with Gasteiger partial charge in [-0.3, -0.25) is 4.90 Å². The Morgan fingerprint density at radius 3 is 2.72 bits per heavy atom. The molecule has 0 N–H and O–H groups in total. The van der Waals surface area contributed by atoms with E-state index in [1.807, 2.05) is 35.0 Å². The number of para-hydroxylation sites is 1. The molecule has 0 spiro atoms. The molecule has 152 valence electrons. The van der Waals surface area contributed by atoms with Gasteiger partial charge in [0.1, 0.15) is 5.75 Å². The molecule has 5 heteroatoms. The van der Waals surface area contributed by atoms with Gasteiger partial charge in [-0.2, -0.15) is 5.10 Å². The van der Waals surface area contributed by atoms with Gasteiger partial charge >= 0.3 is 0 Å². The zero-order valence-electron chi connectivity index (χ0n) is 17.3. The number of benzene rings is 2. The first kappa shape index (κ1) is 19.7. The van der Waals surface area contributed by atoms with Crippen molar-refractivity contribution in [3.05, 3.63) is 66.4 Å². The Morgan fingerprint density at radius 1 is 1.07 bits per heavy atom. The lowest BCUT2D eigenvalue weighted by Crippen LogP contribution is -2.36. The second kappa shape index (κ2) is 9.25. The quantitative estimate of drug-likeness (QED) is 0.598. The van der Waals surface area contributed by atoms with Gasteiger partial charge in [-0.1, -0.05) is 30.3 Å². The van der Waals surface area contributed by atoms with E-state index in [0.717, 1.165) is 48.9 Å². The largest absolute Gasteiger partial charge is 0.497 e. The first-order valence-electron chi connectivity index (χ1n) is 10.3. The monoisotopic (exact) mass is 391 g/mol. The van der Waals surface area contributed by atoms with Gasteiger partial charge in [0.05, 0.1) is 25.1 Å². The summed E-state index contributed by atoms with van der Waals surface area (Å²) in [5.41, 5.74) is 4.40. The fourth-order valence-electron chi connectivity index (χ4n) is 4.16. The Labute approximate surface area is 172 Å². The minimum Gasteiger partial charge on any atom is -0.497 e. The third-order valence-corrected chi connectivity index (χ3v) is 5.55. The van der Waals surface area contributed by atoms with E-state index < -0.39 is 0 Å². The molecular weight excluding hydrogens is 362 g/mol. The molecule has 4 rings (SSSR count). The summed E-state index contributed by atoms with van der Waals surface area (Å²) in [6.07, 6.45) is 4.63. The zero-order chi connectivity index (χ0) is 20.1. The summed E-state index contributed by atoms with van der Waals surface area (Å²) in [5.74, 6) is 1.46. The van der Waals surface area contributed by atoms with Crippen LogP contribution in [0.25, 0.3) is 16.9 Å². The normalized spacial score (nSPS) is 17.4. The van der Waals surface area contributed by atoms with E-state index in [2.05, 4.69) is 35.4 Å². The van der Waals surface area contributed by atoms with Crippen molar-refractivity contribution in [1.82, 2.24) is 14.7 Å². The number of ether oxygens (including phenoxy) is 2. The first-order valence-corrected chi connectivity index (χ1v) is 10.3. The van der Waals surface area contributed by atoms with Gasteiger partial charge in [0.15, 0.2) is 0 Å². The Morgan fingerprint density at radius 2 is 1.93 bits per heavy atom. The Bertz CT molecular complexity index is 921. The van der Waals surface area contributed by atoms with Gasteiger partial charge in [-0.15, -0.1) is 0 Å². The van der Waals surface area contributed by atoms with Crippen LogP contribution in [0.15, 0.2) is 60.8 Å². The third kappa shape index (κ3) is 4.69. The van der Waals surface area contributed by atoms with Crippen molar-refractivity contribution in [3.8, 4) is 22.7 Å². The van der Waals surface area contributed by atoms with Crippen LogP contribution in [-0.2, 0) is 11.3 Å². The smallest absolute Gasteiger partial charge is 0.119 e. The summed E-state index contributed by atoms with van der Waals surface area (Å²) in [6.45, 7) is 3.91. The number of aromatic nitrogens is 2. The fourth-order valence-corrected chi connectivity index (χ4v) is 4.16. The van der Waals surface area contributed by atoms with Crippen LogP contribution in [-0.4, -0.2) is 48.6 Å². The van der Waals surface area contributed by atoms with E-state index in [0.29, 0.717) is 5.92 Å². The van der Waals surface area contributed by atoms with Crippen LogP contribution in [0.3, 0.4) is 0 Å². The SMILES string of the molecule is COC[C@@H]1CCCN(Cc2cn(-c3ccccc3)nc2-c2cccc(OC)c2)C1. The van der Waals surface area contributed by atoms with E-state index in [9.17, 15) is 0 Å². The molecule has 0 amide bonds. The maximum Gasteiger partial charge on any atom is 0.119 e. The molecule has 1 aliphatic rings. The Kier molecular flexibility index (Phi) is 6.27. The zero-order valence-corrected chi connectivity index (χ0v) is 17.3. The second-order valence-corrected chi connectivity index (χ2v) is 7.71. The molecule has 1 saturated heterocycles. The van der Waals surface area contributed by atoms with Crippen LogP contribution >= 0.6 is 0 Å². The lowest BCUT2D eigenvalue weighted by molar-refractivity contribution is 0.0874. The van der Waals surface area contributed by atoms with E-state index >= 15 is 0 Å². The molecule has 0 unspecified atom stereocenters. The highest BCUT2D eigenvalue weighted by Crippen LogP contribution is 2.29. The van der Waals surface area contributed by atoms with Crippen LogP contribution in [0.4, 0.5) is 0 Å². The molecule has 29 heavy (non-hydrogen) atoms. The van der Waals surface area contributed by atoms with Crippen LogP contribution in [0, 0.1) is 5.92 Å². The molecule has 0 aliphatic carbocycles. The lowest BCUT2D eigenvalue weighted by atomic mass is 9.98. The maximum absolute atomic E-state index is 5.44. The average molecular weight is 392 g/mol. The molecule has 2 aromatic carbocycles. The molecule has 5 nitrogen and oxygen atoms in total. The molecule has 3 aromatic rings. The van der Waals surface area contributed by atoms with Gasteiger partial charge in [-0.25, -0.2) is 4.68 Å². The van der Waals surface area contributed by atoms with E-state index in [-0.39, 0.29) is 0 Å². The summed E-state index contributed by atoms with van der Waals surface area (Å²) < 4.78 is 12.8. The molecule has 0 radical (unpaired) electrons. The molecular formula is C24H29N3O2. The van der Waals surface area contributed by atoms with E-state index in [1.54, 1.807) is 14.2 Å². The average Bonchev–Trinajstić information content (AvgIpc) is 3.19. The molecule has 1 aliphatic heterocycles. The number of hydrogen-bond donors (Lipinski definition) is 0. The highest BCUT2D eigenvalue weighted by molar-refractivity contribution is 5.65. The summed E-state index contributed by atoms with van der Waals surface area (Å²) in [6, 6.07) is 18.4. The maximum atomic E-state index is 5.44. The van der Waals surface area contributed by atoms with Gasteiger partial charge in [0, 0.05) is 37.5 Å². The highest BCUT2D eigenvalue weighted by Gasteiger charge is 2.22. The number of likely N-dealkylation sites (tertiary alicyclic amines) is 1.